The zero-order valence-corrected chi connectivity index (χ0v) is 15.2. The second-order valence-electron chi connectivity index (χ2n) is 6.31. The molecule has 0 spiro atoms. The summed E-state index contributed by atoms with van der Waals surface area (Å²) in [5.74, 6) is 0.322. The van der Waals surface area contributed by atoms with E-state index < -0.39 is 16.1 Å². The van der Waals surface area contributed by atoms with Gasteiger partial charge in [0.1, 0.15) is 11.9 Å². The summed E-state index contributed by atoms with van der Waals surface area (Å²) in [5, 5.41) is 4.26. The molecule has 1 aromatic heterocycles. The molecule has 1 aromatic carbocycles. The summed E-state index contributed by atoms with van der Waals surface area (Å²) < 4.78 is 29.1. The molecule has 2 aromatic rings. The van der Waals surface area contributed by atoms with Crippen molar-refractivity contribution in [1.29, 1.82) is 0 Å². The Morgan fingerprint density at radius 1 is 1.28 bits per heavy atom. The first-order chi connectivity index (χ1) is 11.9. The van der Waals surface area contributed by atoms with Crippen LogP contribution in [-0.2, 0) is 27.6 Å². The molecule has 25 heavy (non-hydrogen) atoms. The number of benzene rings is 1. The van der Waals surface area contributed by atoms with Crippen LogP contribution < -0.4 is 9.62 Å². The Hall–Kier alpha value is -2.19. The van der Waals surface area contributed by atoms with Gasteiger partial charge in [0.2, 0.25) is 15.9 Å². The molecule has 1 atom stereocenters. The highest BCUT2D eigenvalue weighted by Crippen LogP contribution is 2.22. The molecule has 1 unspecified atom stereocenters. The highest BCUT2D eigenvalue weighted by Gasteiger charge is 2.33. The molecule has 134 valence electrons. The van der Waals surface area contributed by atoms with Crippen molar-refractivity contribution < 1.29 is 13.2 Å². The van der Waals surface area contributed by atoms with Gasteiger partial charge in [-0.15, -0.1) is 0 Å². The van der Waals surface area contributed by atoms with E-state index in [2.05, 4.69) is 9.82 Å². The predicted molar refractivity (Wildman–Crippen MR) is 95.5 cm³/mol. The minimum absolute atomic E-state index is 0.136. The number of anilines is 1. The highest BCUT2D eigenvalue weighted by atomic mass is 32.2. The first kappa shape index (κ1) is 17.6. The van der Waals surface area contributed by atoms with Gasteiger partial charge in [-0.1, -0.05) is 30.3 Å². The van der Waals surface area contributed by atoms with Gasteiger partial charge in [-0.05, 0) is 25.3 Å². The fourth-order valence-corrected chi connectivity index (χ4v) is 4.48. The van der Waals surface area contributed by atoms with Crippen molar-refractivity contribution in [2.75, 3.05) is 11.4 Å². The van der Waals surface area contributed by atoms with E-state index in [9.17, 15) is 13.2 Å². The van der Waals surface area contributed by atoms with Crippen LogP contribution in [0.15, 0.2) is 36.4 Å². The number of carbonyl (C=O) groups excluding carboxylic acids is 1. The second-order valence-corrected chi connectivity index (χ2v) is 8.07. The maximum absolute atomic E-state index is 12.8. The molecule has 3 rings (SSSR count). The van der Waals surface area contributed by atoms with Gasteiger partial charge in [0, 0.05) is 19.7 Å². The van der Waals surface area contributed by atoms with Gasteiger partial charge in [-0.3, -0.25) is 14.4 Å². The zero-order chi connectivity index (χ0) is 18.0. The molecule has 1 amide bonds. The van der Waals surface area contributed by atoms with Gasteiger partial charge in [-0.25, -0.2) is 13.1 Å². The number of hydrogen-bond donors (Lipinski definition) is 1. The lowest BCUT2D eigenvalue weighted by Crippen LogP contribution is -2.53. The molecule has 1 aliphatic heterocycles. The normalized spacial score (nSPS) is 18.6. The zero-order valence-electron chi connectivity index (χ0n) is 14.3. The summed E-state index contributed by atoms with van der Waals surface area (Å²) in [5.41, 5.74) is 1.51. The van der Waals surface area contributed by atoms with Crippen molar-refractivity contribution >= 4 is 21.7 Å². The third-order valence-electron chi connectivity index (χ3n) is 4.21. The quantitative estimate of drug-likeness (QED) is 0.870. The van der Waals surface area contributed by atoms with Crippen LogP contribution >= 0.6 is 0 Å². The molecule has 1 N–H and O–H groups in total. The minimum atomic E-state index is -3.60. The van der Waals surface area contributed by atoms with Crippen LogP contribution in [-0.4, -0.2) is 36.7 Å². The lowest BCUT2D eigenvalue weighted by Gasteiger charge is -2.32. The summed E-state index contributed by atoms with van der Waals surface area (Å²) >= 11 is 0. The second kappa shape index (κ2) is 6.97. The highest BCUT2D eigenvalue weighted by molar-refractivity contribution is 7.88. The van der Waals surface area contributed by atoms with Crippen molar-refractivity contribution in [3.63, 3.8) is 0 Å². The number of carbonyl (C=O) groups is 1. The summed E-state index contributed by atoms with van der Waals surface area (Å²) in [6, 6.07) is 10.0. The smallest absolute Gasteiger partial charge is 0.246 e. The lowest BCUT2D eigenvalue weighted by atomic mass is 10.1. The van der Waals surface area contributed by atoms with Gasteiger partial charge >= 0.3 is 0 Å². The minimum Gasteiger partial charge on any atom is -0.296 e. The van der Waals surface area contributed by atoms with Crippen molar-refractivity contribution in [2.45, 2.75) is 31.6 Å². The van der Waals surface area contributed by atoms with Gasteiger partial charge in [-0.2, -0.15) is 5.10 Å². The monoisotopic (exact) mass is 362 g/mol. The number of nitrogens with one attached hydrogen (secondary N) is 1. The molecule has 1 aliphatic rings. The van der Waals surface area contributed by atoms with E-state index >= 15 is 0 Å². The van der Waals surface area contributed by atoms with Crippen molar-refractivity contribution in [2.24, 2.45) is 7.05 Å². The Labute approximate surface area is 147 Å². The molecule has 1 saturated heterocycles. The summed E-state index contributed by atoms with van der Waals surface area (Å²) in [4.78, 5) is 14.4. The molecular weight excluding hydrogens is 340 g/mol. The average Bonchev–Trinajstić information content (AvgIpc) is 2.88. The summed E-state index contributed by atoms with van der Waals surface area (Å²) in [6.45, 7) is 2.42. The lowest BCUT2D eigenvalue weighted by molar-refractivity contribution is -0.121. The van der Waals surface area contributed by atoms with Gasteiger partial charge < -0.3 is 0 Å². The first-order valence-electron chi connectivity index (χ1n) is 8.22. The number of piperidine rings is 1. The van der Waals surface area contributed by atoms with Crippen LogP contribution in [0.4, 0.5) is 5.82 Å². The molecule has 0 bridgehead atoms. The Morgan fingerprint density at radius 3 is 2.64 bits per heavy atom. The number of sulfonamides is 1. The third-order valence-corrected chi connectivity index (χ3v) is 5.57. The number of nitrogens with zero attached hydrogens (tertiary/aromatic N) is 3. The van der Waals surface area contributed by atoms with E-state index in [-0.39, 0.29) is 11.7 Å². The van der Waals surface area contributed by atoms with Crippen molar-refractivity contribution in [3.05, 3.63) is 47.7 Å². The van der Waals surface area contributed by atoms with E-state index in [0.29, 0.717) is 24.3 Å². The third kappa shape index (κ3) is 4.08. The number of aryl methyl sites for hydroxylation is 2. The van der Waals surface area contributed by atoms with Crippen LogP contribution in [0.3, 0.4) is 0 Å². The summed E-state index contributed by atoms with van der Waals surface area (Å²) in [7, 11) is -1.82. The van der Waals surface area contributed by atoms with E-state index in [4.69, 9.17) is 0 Å². The Bertz CT molecular complexity index is 861. The molecule has 1 fully saturated rings. The fraction of sp³-hybridized carbons (Fsp3) is 0.412. The molecule has 7 nitrogen and oxygen atoms in total. The predicted octanol–water partition coefficient (Wildman–Crippen LogP) is 1.34. The molecule has 0 radical (unpaired) electrons. The Morgan fingerprint density at radius 2 is 2.00 bits per heavy atom. The van der Waals surface area contributed by atoms with E-state index in [1.807, 2.05) is 19.1 Å². The molecule has 8 heteroatoms. The SMILES string of the molecule is Cc1cc(N2CCCC(NS(=O)(=O)Cc3ccccc3)C2=O)n(C)n1. The van der Waals surface area contributed by atoms with Crippen LogP contribution in [0, 0.1) is 6.92 Å². The Kier molecular flexibility index (Phi) is 4.91. The number of rotatable bonds is 5. The maximum Gasteiger partial charge on any atom is 0.246 e. The van der Waals surface area contributed by atoms with Gasteiger partial charge in [0.25, 0.3) is 0 Å². The van der Waals surface area contributed by atoms with E-state index in [1.54, 1.807) is 40.9 Å². The first-order valence-corrected chi connectivity index (χ1v) is 9.87. The van der Waals surface area contributed by atoms with Gasteiger partial charge in [0.15, 0.2) is 0 Å². The number of hydrogen-bond acceptors (Lipinski definition) is 4. The van der Waals surface area contributed by atoms with Crippen molar-refractivity contribution in [1.82, 2.24) is 14.5 Å². The maximum atomic E-state index is 12.8. The van der Waals surface area contributed by atoms with Crippen LogP contribution in [0.2, 0.25) is 0 Å². The largest absolute Gasteiger partial charge is 0.296 e. The number of amides is 1. The standard InChI is InChI=1S/C17H22N4O3S/c1-13-11-16(20(2)18-13)21-10-6-9-15(17(21)22)19-25(23,24)12-14-7-4-3-5-8-14/h3-5,7-8,11,15,19H,6,9-10,12H2,1-2H3. The average molecular weight is 362 g/mol. The topological polar surface area (TPSA) is 84.3 Å². The summed E-state index contributed by atoms with van der Waals surface area (Å²) in [6.07, 6.45) is 1.23. The number of aromatic nitrogens is 2. The molecular formula is C17H22N4O3S. The fourth-order valence-electron chi connectivity index (χ4n) is 3.11. The van der Waals surface area contributed by atoms with E-state index in [0.717, 1.165) is 12.1 Å². The van der Waals surface area contributed by atoms with Crippen LogP contribution in [0.1, 0.15) is 24.1 Å². The van der Waals surface area contributed by atoms with E-state index in [1.165, 1.54) is 0 Å². The molecule has 0 saturated carbocycles. The molecule has 2 heterocycles. The van der Waals surface area contributed by atoms with Crippen LogP contribution in [0.25, 0.3) is 0 Å². The Balaban J connectivity index is 1.74. The van der Waals surface area contributed by atoms with Crippen LogP contribution in [0.5, 0.6) is 0 Å². The van der Waals surface area contributed by atoms with Crippen molar-refractivity contribution in [3.8, 4) is 0 Å². The van der Waals surface area contributed by atoms with Gasteiger partial charge in [0.05, 0.1) is 11.4 Å². The molecule has 0 aliphatic carbocycles.